The van der Waals surface area contributed by atoms with Crippen LogP contribution in [0.2, 0.25) is 5.02 Å². The summed E-state index contributed by atoms with van der Waals surface area (Å²) in [5, 5.41) is 1.45. The zero-order valence-electron chi connectivity index (χ0n) is 18.2. The first kappa shape index (κ1) is 24.6. The Morgan fingerprint density at radius 3 is 2.47 bits per heavy atom. The van der Waals surface area contributed by atoms with Crippen molar-refractivity contribution in [3.8, 4) is 0 Å². The van der Waals surface area contributed by atoms with E-state index in [-0.39, 0.29) is 18.3 Å². The molecule has 1 aromatic heterocycles. The van der Waals surface area contributed by atoms with Crippen LogP contribution in [0.1, 0.15) is 28.7 Å². The Morgan fingerprint density at radius 2 is 1.80 bits per heavy atom. The van der Waals surface area contributed by atoms with Crippen LogP contribution in [0.25, 0.3) is 10.2 Å². The van der Waals surface area contributed by atoms with Gasteiger partial charge in [-0.25, -0.2) is 4.98 Å². The second-order valence-electron chi connectivity index (χ2n) is 7.81. The minimum atomic E-state index is 0. The molecule has 162 valence electrons. The number of halogens is 2. The molecule has 2 aromatic carbocycles. The summed E-state index contributed by atoms with van der Waals surface area (Å²) < 4.78 is 1.05. The number of aromatic nitrogens is 1. The summed E-state index contributed by atoms with van der Waals surface area (Å²) >= 11 is 7.82. The zero-order chi connectivity index (χ0) is 21.1. The quantitative estimate of drug-likeness (QED) is 0.440. The summed E-state index contributed by atoms with van der Waals surface area (Å²) in [6.07, 6.45) is 1.26. The highest BCUT2D eigenvalue weighted by atomic mass is 35.5. The molecule has 3 rings (SSSR count). The SMILES string of the molecule is Cc1ccc(CC(=O)N(CCCN(C)C)c2nc3c(C)c(Cl)ccc3s2)cc1C.Cl. The van der Waals surface area contributed by atoms with Crippen LogP contribution in [0.5, 0.6) is 0 Å². The van der Waals surface area contributed by atoms with Crippen molar-refractivity contribution in [2.24, 2.45) is 0 Å². The molecule has 4 nitrogen and oxygen atoms in total. The minimum Gasteiger partial charge on any atom is -0.309 e. The molecule has 0 saturated carbocycles. The summed E-state index contributed by atoms with van der Waals surface area (Å²) in [6.45, 7) is 7.71. The zero-order valence-corrected chi connectivity index (χ0v) is 20.5. The molecule has 0 unspecified atom stereocenters. The van der Waals surface area contributed by atoms with Crippen molar-refractivity contribution in [2.45, 2.75) is 33.6 Å². The van der Waals surface area contributed by atoms with Crippen molar-refractivity contribution >= 4 is 56.6 Å². The van der Waals surface area contributed by atoms with Gasteiger partial charge in [0.15, 0.2) is 5.13 Å². The number of aryl methyl sites for hydroxylation is 3. The number of carbonyl (C=O) groups is 1. The number of hydrogen-bond acceptors (Lipinski definition) is 4. The monoisotopic (exact) mass is 465 g/mol. The maximum Gasteiger partial charge on any atom is 0.233 e. The smallest absolute Gasteiger partial charge is 0.233 e. The van der Waals surface area contributed by atoms with Gasteiger partial charge in [0.2, 0.25) is 5.91 Å². The number of benzene rings is 2. The molecule has 0 aliphatic heterocycles. The van der Waals surface area contributed by atoms with Crippen molar-refractivity contribution in [3.63, 3.8) is 0 Å². The topological polar surface area (TPSA) is 36.4 Å². The molecule has 0 spiro atoms. The fourth-order valence-corrected chi connectivity index (χ4v) is 4.48. The molecular weight excluding hydrogens is 437 g/mol. The summed E-state index contributed by atoms with van der Waals surface area (Å²) in [7, 11) is 4.09. The van der Waals surface area contributed by atoms with Gasteiger partial charge in [-0.3, -0.25) is 9.69 Å². The molecule has 0 fully saturated rings. The molecule has 1 amide bonds. The third-order valence-corrected chi connectivity index (χ3v) is 6.64. The van der Waals surface area contributed by atoms with E-state index in [0.29, 0.717) is 18.0 Å². The van der Waals surface area contributed by atoms with E-state index in [1.54, 1.807) is 11.3 Å². The fourth-order valence-electron chi connectivity index (χ4n) is 3.26. The van der Waals surface area contributed by atoms with Crippen molar-refractivity contribution in [3.05, 3.63) is 57.6 Å². The van der Waals surface area contributed by atoms with Crippen LogP contribution in [0.4, 0.5) is 5.13 Å². The van der Waals surface area contributed by atoms with Crippen LogP contribution >= 0.6 is 35.3 Å². The summed E-state index contributed by atoms with van der Waals surface area (Å²) in [5.41, 5.74) is 5.33. The van der Waals surface area contributed by atoms with Gasteiger partial charge in [-0.2, -0.15) is 0 Å². The van der Waals surface area contributed by atoms with E-state index in [9.17, 15) is 4.79 Å². The number of rotatable bonds is 7. The van der Waals surface area contributed by atoms with Crippen molar-refractivity contribution < 1.29 is 4.79 Å². The highest BCUT2D eigenvalue weighted by molar-refractivity contribution is 7.22. The highest BCUT2D eigenvalue weighted by Crippen LogP contribution is 2.34. The third-order valence-electron chi connectivity index (χ3n) is 5.18. The van der Waals surface area contributed by atoms with E-state index >= 15 is 0 Å². The standard InChI is InChI=1S/C23H28ClN3OS.ClH/c1-15-7-8-18(13-16(15)2)14-21(28)27(12-6-11-26(4)5)23-25-22-17(3)19(24)9-10-20(22)29-23;/h7-10,13H,6,11-12,14H2,1-5H3;1H. The van der Waals surface area contributed by atoms with Crippen molar-refractivity contribution in [1.29, 1.82) is 0 Å². The molecule has 0 bridgehead atoms. The van der Waals surface area contributed by atoms with Crippen LogP contribution in [0.3, 0.4) is 0 Å². The number of carbonyl (C=O) groups excluding carboxylic acids is 1. The van der Waals surface area contributed by atoms with Crippen molar-refractivity contribution in [1.82, 2.24) is 9.88 Å². The molecular formula is C23H29Cl2N3OS. The Morgan fingerprint density at radius 1 is 1.07 bits per heavy atom. The van der Waals surface area contributed by atoms with Crippen molar-refractivity contribution in [2.75, 3.05) is 32.1 Å². The number of fused-ring (bicyclic) bond motifs is 1. The Kier molecular flexibility index (Phi) is 8.68. The number of thiazole rings is 1. The first-order valence-corrected chi connectivity index (χ1v) is 11.0. The van der Waals surface area contributed by atoms with Crippen LogP contribution in [-0.2, 0) is 11.2 Å². The van der Waals surface area contributed by atoms with Gasteiger partial charge in [0.25, 0.3) is 0 Å². The summed E-state index contributed by atoms with van der Waals surface area (Å²) in [6, 6.07) is 10.1. The normalized spacial score (nSPS) is 11.0. The number of hydrogen-bond donors (Lipinski definition) is 0. The van der Waals surface area contributed by atoms with Gasteiger partial charge in [0.1, 0.15) is 0 Å². The highest BCUT2D eigenvalue weighted by Gasteiger charge is 2.21. The van der Waals surface area contributed by atoms with E-state index < -0.39 is 0 Å². The van der Waals surface area contributed by atoms with Gasteiger partial charge in [-0.05, 0) is 82.2 Å². The van der Waals surface area contributed by atoms with Gasteiger partial charge in [-0.15, -0.1) is 12.4 Å². The fraction of sp³-hybridized carbons (Fsp3) is 0.391. The third kappa shape index (κ3) is 5.73. The molecule has 3 aromatic rings. The lowest BCUT2D eigenvalue weighted by Crippen LogP contribution is -2.34. The lowest BCUT2D eigenvalue weighted by Gasteiger charge is -2.21. The first-order chi connectivity index (χ1) is 13.8. The first-order valence-electron chi connectivity index (χ1n) is 9.83. The summed E-state index contributed by atoms with van der Waals surface area (Å²) in [5.74, 6) is 0.0785. The number of amides is 1. The second kappa shape index (κ2) is 10.6. The number of anilines is 1. The maximum absolute atomic E-state index is 13.3. The average Bonchev–Trinajstić information content (AvgIpc) is 3.09. The Bertz CT molecular complexity index is 1030. The van der Waals surface area contributed by atoms with Gasteiger partial charge < -0.3 is 4.90 Å². The average molecular weight is 466 g/mol. The Hall–Kier alpha value is -1.66. The van der Waals surface area contributed by atoms with E-state index in [0.717, 1.165) is 39.4 Å². The molecule has 0 aliphatic carbocycles. The van der Waals surface area contributed by atoms with Crippen LogP contribution in [0.15, 0.2) is 30.3 Å². The minimum absolute atomic E-state index is 0. The molecule has 0 atom stereocenters. The van der Waals surface area contributed by atoms with E-state index in [2.05, 4.69) is 30.9 Å². The lowest BCUT2D eigenvalue weighted by molar-refractivity contribution is -0.118. The van der Waals surface area contributed by atoms with Gasteiger partial charge in [-0.1, -0.05) is 41.1 Å². The molecule has 0 radical (unpaired) electrons. The van der Waals surface area contributed by atoms with E-state index in [1.165, 1.54) is 11.1 Å². The second-order valence-corrected chi connectivity index (χ2v) is 9.23. The lowest BCUT2D eigenvalue weighted by atomic mass is 10.0. The largest absolute Gasteiger partial charge is 0.309 e. The van der Waals surface area contributed by atoms with E-state index in [1.807, 2.05) is 44.1 Å². The molecule has 7 heteroatoms. The maximum atomic E-state index is 13.3. The molecule has 0 saturated heterocycles. The van der Waals surface area contributed by atoms with Crippen LogP contribution < -0.4 is 4.90 Å². The van der Waals surface area contributed by atoms with Gasteiger partial charge >= 0.3 is 0 Å². The predicted octanol–water partition coefficient (Wildman–Crippen LogP) is 5.82. The predicted molar refractivity (Wildman–Crippen MR) is 132 cm³/mol. The molecule has 30 heavy (non-hydrogen) atoms. The van der Waals surface area contributed by atoms with E-state index in [4.69, 9.17) is 16.6 Å². The summed E-state index contributed by atoms with van der Waals surface area (Å²) in [4.78, 5) is 22.0. The Balaban J connectivity index is 0.00000320. The molecule has 0 aliphatic rings. The number of nitrogens with zero attached hydrogens (tertiary/aromatic N) is 3. The van der Waals surface area contributed by atoms with Gasteiger partial charge in [0.05, 0.1) is 16.6 Å². The molecule has 0 N–H and O–H groups in total. The van der Waals surface area contributed by atoms with Gasteiger partial charge in [0, 0.05) is 11.6 Å². The molecule has 1 heterocycles. The van der Waals surface area contributed by atoms with Crippen LogP contribution in [-0.4, -0.2) is 43.0 Å². The Labute approximate surface area is 194 Å². The van der Waals surface area contributed by atoms with Crippen LogP contribution in [0, 0.1) is 20.8 Å².